The van der Waals surface area contributed by atoms with Crippen molar-refractivity contribution in [2.75, 3.05) is 11.4 Å². The van der Waals surface area contributed by atoms with Crippen LogP contribution in [0.15, 0.2) is 41.3 Å². The number of anilines is 1. The molecule has 2 rings (SSSR count). The minimum Gasteiger partial charge on any atom is -0.470 e. The van der Waals surface area contributed by atoms with Crippen LogP contribution in [0.3, 0.4) is 0 Å². The molecule has 2 heterocycles. The van der Waals surface area contributed by atoms with E-state index in [1.54, 1.807) is 24.8 Å². The lowest BCUT2D eigenvalue weighted by Crippen LogP contribution is -2.22. The number of halogens is 1. The Hall–Kier alpha value is -1.92. The van der Waals surface area contributed by atoms with Crippen LogP contribution in [0.4, 0.5) is 5.69 Å². The molecule has 0 saturated carbocycles. The Kier molecular flexibility index (Phi) is 3.69. The molecule has 0 unspecified atom stereocenters. The maximum Gasteiger partial charge on any atom is 0.129 e. The first-order chi connectivity index (χ1) is 8.29. The van der Waals surface area contributed by atoms with E-state index in [9.17, 15) is 0 Å². The second kappa shape index (κ2) is 5.42. The van der Waals surface area contributed by atoms with E-state index < -0.39 is 0 Å². The largest absolute Gasteiger partial charge is 0.470 e. The van der Waals surface area contributed by atoms with Gasteiger partial charge in [-0.05, 0) is 17.7 Å². The van der Waals surface area contributed by atoms with E-state index in [0.29, 0.717) is 18.2 Å². The summed E-state index contributed by atoms with van der Waals surface area (Å²) in [6.07, 6.45) is 10.4. The molecule has 0 atom stereocenters. The molecule has 0 aliphatic heterocycles. The minimum atomic E-state index is 0.487. The Balaban J connectivity index is 2.13. The predicted molar refractivity (Wildman–Crippen MR) is 67.8 cm³/mol. The van der Waals surface area contributed by atoms with Crippen LogP contribution < -0.4 is 4.90 Å². The molecular weight excluding hydrogens is 236 g/mol. The number of pyridine rings is 1. The third-order valence-electron chi connectivity index (χ3n) is 2.32. The lowest BCUT2D eigenvalue weighted by atomic mass is 10.2. The topological polar surface area (TPSA) is 29.3 Å². The molecule has 86 valence electrons. The molecule has 0 amide bonds. The van der Waals surface area contributed by atoms with Gasteiger partial charge < -0.3 is 9.32 Å². The molecule has 3 nitrogen and oxygen atoms in total. The fourth-order valence-electron chi connectivity index (χ4n) is 1.51. The molecule has 2 aromatic rings. The molecule has 4 heteroatoms. The average molecular weight is 247 g/mol. The predicted octanol–water partition coefficient (Wildman–Crippen LogP) is 2.97. The number of hydrogen-bond acceptors (Lipinski definition) is 3. The molecule has 0 bridgehead atoms. The maximum atomic E-state index is 5.74. The summed E-state index contributed by atoms with van der Waals surface area (Å²) in [5.74, 6) is 2.63. The van der Waals surface area contributed by atoms with Gasteiger partial charge in [-0.2, -0.15) is 0 Å². The number of hydrogen-bond donors (Lipinski definition) is 0. The van der Waals surface area contributed by atoms with Crippen molar-refractivity contribution >= 4 is 17.3 Å². The second-order valence-electron chi connectivity index (χ2n) is 3.53. The van der Waals surface area contributed by atoms with Gasteiger partial charge in [-0.1, -0.05) is 23.6 Å². The summed E-state index contributed by atoms with van der Waals surface area (Å²) < 4.78 is 5.05. The van der Waals surface area contributed by atoms with Gasteiger partial charge in [0.05, 0.1) is 18.5 Å². The van der Waals surface area contributed by atoms with Crippen LogP contribution in [-0.2, 0) is 6.54 Å². The lowest BCUT2D eigenvalue weighted by Gasteiger charge is -2.20. The first-order valence-corrected chi connectivity index (χ1v) is 5.48. The highest BCUT2D eigenvalue weighted by Gasteiger charge is 2.07. The SMILES string of the molecule is C#CCN(Cc1ccc(Cl)nc1)c1ccoc1. The maximum absolute atomic E-state index is 5.74. The Labute approximate surface area is 105 Å². The molecule has 0 radical (unpaired) electrons. The molecule has 0 aromatic carbocycles. The van der Waals surface area contributed by atoms with Crippen LogP contribution in [0.5, 0.6) is 0 Å². The van der Waals surface area contributed by atoms with Gasteiger partial charge in [-0.3, -0.25) is 0 Å². The zero-order valence-corrected chi connectivity index (χ0v) is 9.89. The van der Waals surface area contributed by atoms with Crippen LogP contribution >= 0.6 is 11.6 Å². The molecule has 0 N–H and O–H groups in total. The van der Waals surface area contributed by atoms with Gasteiger partial charge in [0, 0.05) is 12.7 Å². The fraction of sp³-hybridized carbons (Fsp3) is 0.154. The lowest BCUT2D eigenvalue weighted by molar-refractivity contribution is 0.566. The number of nitrogens with zero attached hydrogens (tertiary/aromatic N) is 2. The zero-order chi connectivity index (χ0) is 12.1. The van der Waals surface area contributed by atoms with Crippen molar-refractivity contribution in [1.29, 1.82) is 0 Å². The molecule has 0 aliphatic carbocycles. The summed E-state index contributed by atoms with van der Waals surface area (Å²) in [5.41, 5.74) is 2.00. The van der Waals surface area contributed by atoms with Crippen molar-refractivity contribution in [2.24, 2.45) is 0 Å². The Bertz CT molecular complexity index is 499. The van der Waals surface area contributed by atoms with Gasteiger partial charge in [0.1, 0.15) is 11.4 Å². The Morgan fingerprint density at radius 1 is 1.41 bits per heavy atom. The summed E-state index contributed by atoms with van der Waals surface area (Å²) in [7, 11) is 0. The van der Waals surface area contributed by atoms with Gasteiger partial charge in [-0.15, -0.1) is 6.42 Å². The summed E-state index contributed by atoms with van der Waals surface area (Å²) in [6, 6.07) is 5.57. The molecule has 0 spiro atoms. The highest BCUT2D eigenvalue weighted by atomic mass is 35.5. The van der Waals surface area contributed by atoms with E-state index in [1.165, 1.54) is 0 Å². The summed E-state index contributed by atoms with van der Waals surface area (Å²) in [5, 5.41) is 0.487. The second-order valence-corrected chi connectivity index (χ2v) is 3.92. The Morgan fingerprint density at radius 2 is 2.29 bits per heavy atom. The van der Waals surface area contributed by atoms with Crippen molar-refractivity contribution in [3.05, 3.63) is 47.6 Å². The number of furan rings is 1. The van der Waals surface area contributed by atoms with Crippen LogP contribution in [0.25, 0.3) is 0 Å². The van der Waals surface area contributed by atoms with Gasteiger partial charge in [0.15, 0.2) is 0 Å². The average Bonchev–Trinajstić information content (AvgIpc) is 2.85. The molecule has 0 aliphatic rings. The first kappa shape index (κ1) is 11.6. The Morgan fingerprint density at radius 3 is 2.88 bits per heavy atom. The standard InChI is InChI=1S/C13H11ClN2O/c1-2-6-16(12-5-7-17-10-12)9-11-3-4-13(14)15-8-11/h1,3-5,7-8,10H,6,9H2. The van der Waals surface area contributed by atoms with E-state index in [2.05, 4.69) is 10.9 Å². The molecule has 2 aromatic heterocycles. The van der Waals surface area contributed by atoms with Crippen molar-refractivity contribution in [1.82, 2.24) is 4.98 Å². The number of rotatable bonds is 4. The van der Waals surface area contributed by atoms with E-state index in [-0.39, 0.29) is 0 Å². The van der Waals surface area contributed by atoms with Gasteiger partial charge in [0.25, 0.3) is 0 Å². The number of terminal acetylenes is 1. The van der Waals surface area contributed by atoms with E-state index in [4.69, 9.17) is 22.4 Å². The smallest absolute Gasteiger partial charge is 0.129 e. The highest BCUT2D eigenvalue weighted by Crippen LogP contribution is 2.17. The van der Waals surface area contributed by atoms with Crippen molar-refractivity contribution in [2.45, 2.75) is 6.54 Å². The van der Waals surface area contributed by atoms with Crippen LogP contribution in [0.1, 0.15) is 5.56 Å². The van der Waals surface area contributed by atoms with Crippen LogP contribution in [0, 0.1) is 12.3 Å². The van der Waals surface area contributed by atoms with Crippen LogP contribution in [0.2, 0.25) is 5.15 Å². The van der Waals surface area contributed by atoms with Crippen molar-refractivity contribution in [3.63, 3.8) is 0 Å². The first-order valence-electron chi connectivity index (χ1n) is 5.10. The van der Waals surface area contributed by atoms with Crippen molar-refractivity contribution < 1.29 is 4.42 Å². The van der Waals surface area contributed by atoms with Gasteiger partial charge >= 0.3 is 0 Å². The summed E-state index contributed by atoms with van der Waals surface area (Å²) in [4.78, 5) is 6.06. The third-order valence-corrected chi connectivity index (χ3v) is 2.54. The highest BCUT2D eigenvalue weighted by molar-refractivity contribution is 6.29. The normalized spacial score (nSPS) is 9.88. The molecule has 0 saturated heterocycles. The molecule has 17 heavy (non-hydrogen) atoms. The monoisotopic (exact) mass is 246 g/mol. The van der Waals surface area contributed by atoms with E-state index in [1.807, 2.05) is 17.0 Å². The summed E-state index contributed by atoms with van der Waals surface area (Å²) in [6.45, 7) is 1.19. The van der Waals surface area contributed by atoms with Gasteiger partial charge in [-0.25, -0.2) is 4.98 Å². The minimum absolute atomic E-state index is 0.487. The summed E-state index contributed by atoms with van der Waals surface area (Å²) >= 11 is 5.74. The van der Waals surface area contributed by atoms with Crippen LogP contribution in [-0.4, -0.2) is 11.5 Å². The zero-order valence-electron chi connectivity index (χ0n) is 9.14. The number of aromatic nitrogens is 1. The quantitative estimate of drug-likeness (QED) is 0.614. The van der Waals surface area contributed by atoms with Crippen molar-refractivity contribution in [3.8, 4) is 12.3 Å². The fourth-order valence-corrected chi connectivity index (χ4v) is 1.62. The van der Waals surface area contributed by atoms with E-state index in [0.717, 1.165) is 11.3 Å². The van der Waals surface area contributed by atoms with Gasteiger partial charge in [0.2, 0.25) is 0 Å². The molecule has 0 fully saturated rings. The molecular formula is C13H11ClN2O. The van der Waals surface area contributed by atoms with E-state index >= 15 is 0 Å². The third kappa shape index (κ3) is 3.02.